The van der Waals surface area contributed by atoms with Crippen LogP contribution in [0.5, 0.6) is 5.75 Å². The maximum Gasteiger partial charge on any atom is 0.143 e. The first-order valence-electron chi connectivity index (χ1n) is 3.40. The van der Waals surface area contributed by atoms with Gasteiger partial charge in [0.05, 0.1) is 18.5 Å². The number of nitrogens with one attached hydrogen (secondary N) is 1. The zero-order valence-corrected chi connectivity index (χ0v) is 6.72. The van der Waals surface area contributed by atoms with Crippen LogP contribution in [0.3, 0.4) is 0 Å². The number of rotatable bonds is 2. The van der Waals surface area contributed by atoms with Crippen molar-refractivity contribution in [1.82, 2.24) is 0 Å². The second-order valence-electron chi connectivity index (χ2n) is 2.17. The van der Waals surface area contributed by atoms with E-state index in [1.54, 1.807) is 7.11 Å². The summed E-state index contributed by atoms with van der Waals surface area (Å²) in [5.41, 5.74) is 7.26. The first-order valence-corrected chi connectivity index (χ1v) is 3.40. The molecule has 11 heavy (non-hydrogen) atoms. The lowest BCUT2D eigenvalue weighted by Crippen LogP contribution is -1.97. The van der Waals surface area contributed by atoms with Crippen molar-refractivity contribution >= 4 is 11.4 Å². The Morgan fingerprint density at radius 3 is 2.73 bits per heavy atom. The minimum absolute atomic E-state index is 0.650. The van der Waals surface area contributed by atoms with Crippen molar-refractivity contribution in [3.05, 3.63) is 18.2 Å². The maximum absolute atomic E-state index is 5.72. The summed E-state index contributed by atoms with van der Waals surface area (Å²) in [5.74, 6) is 0.705. The molecule has 0 amide bonds. The summed E-state index contributed by atoms with van der Waals surface area (Å²) in [6, 6.07) is 5.62. The molecule has 0 spiro atoms. The van der Waals surface area contributed by atoms with E-state index in [2.05, 4.69) is 5.32 Å². The summed E-state index contributed by atoms with van der Waals surface area (Å²) >= 11 is 0. The van der Waals surface area contributed by atoms with Crippen LogP contribution in [0.15, 0.2) is 18.2 Å². The quantitative estimate of drug-likeness (QED) is 0.628. The van der Waals surface area contributed by atoms with Gasteiger partial charge in [-0.3, -0.25) is 0 Å². The molecule has 1 rings (SSSR count). The molecular weight excluding hydrogens is 140 g/mol. The number of ether oxygens (including phenoxy) is 1. The Kier molecular flexibility index (Phi) is 2.21. The average molecular weight is 152 g/mol. The van der Waals surface area contributed by atoms with Gasteiger partial charge in [-0.1, -0.05) is 6.07 Å². The van der Waals surface area contributed by atoms with Crippen LogP contribution in [0, 0.1) is 0 Å². The van der Waals surface area contributed by atoms with Crippen LogP contribution in [-0.4, -0.2) is 14.2 Å². The predicted octanol–water partition coefficient (Wildman–Crippen LogP) is 1.32. The van der Waals surface area contributed by atoms with Crippen LogP contribution < -0.4 is 15.8 Å². The van der Waals surface area contributed by atoms with E-state index in [9.17, 15) is 0 Å². The number of benzene rings is 1. The molecule has 0 aromatic heterocycles. The summed E-state index contributed by atoms with van der Waals surface area (Å²) in [7, 11) is 3.43. The zero-order chi connectivity index (χ0) is 8.27. The summed E-state index contributed by atoms with van der Waals surface area (Å²) < 4.78 is 5.02. The topological polar surface area (TPSA) is 47.3 Å². The Morgan fingerprint density at radius 2 is 2.18 bits per heavy atom. The number of nitrogens with two attached hydrogens (primary N) is 1. The Labute approximate surface area is 66.2 Å². The van der Waals surface area contributed by atoms with E-state index in [-0.39, 0.29) is 0 Å². The lowest BCUT2D eigenvalue weighted by Gasteiger charge is -2.08. The van der Waals surface area contributed by atoms with Crippen LogP contribution in [-0.2, 0) is 0 Å². The van der Waals surface area contributed by atoms with Gasteiger partial charge in [0.1, 0.15) is 5.75 Å². The molecule has 0 saturated heterocycles. The van der Waals surface area contributed by atoms with Crippen molar-refractivity contribution in [3.63, 3.8) is 0 Å². The molecule has 1 aromatic carbocycles. The van der Waals surface area contributed by atoms with E-state index in [4.69, 9.17) is 10.5 Å². The molecule has 3 N–H and O–H groups in total. The highest BCUT2D eigenvalue weighted by molar-refractivity contribution is 5.72. The number of hydrogen-bond acceptors (Lipinski definition) is 3. The van der Waals surface area contributed by atoms with Crippen LogP contribution in [0.1, 0.15) is 0 Å². The second-order valence-corrected chi connectivity index (χ2v) is 2.17. The Balaban J connectivity index is 3.10. The molecule has 3 nitrogen and oxygen atoms in total. The monoisotopic (exact) mass is 152 g/mol. The molecule has 0 aliphatic carbocycles. The summed E-state index contributed by atoms with van der Waals surface area (Å²) in [6.45, 7) is 0. The van der Waals surface area contributed by atoms with Gasteiger partial charge in [-0.05, 0) is 12.1 Å². The highest BCUT2D eigenvalue weighted by atomic mass is 16.5. The molecule has 0 unspecified atom stereocenters. The molecule has 0 atom stereocenters. The summed E-state index contributed by atoms with van der Waals surface area (Å²) in [5, 5.41) is 2.96. The fourth-order valence-corrected chi connectivity index (χ4v) is 0.940. The third-order valence-electron chi connectivity index (χ3n) is 1.56. The first-order chi connectivity index (χ1) is 5.29. The van der Waals surface area contributed by atoms with E-state index < -0.39 is 0 Å². The summed E-state index contributed by atoms with van der Waals surface area (Å²) in [4.78, 5) is 0. The average Bonchev–Trinajstić information content (AvgIpc) is 2.05. The van der Waals surface area contributed by atoms with E-state index in [0.717, 1.165) is 5.69 Å². The van der Waals surface area contributed by atoms with Crippen molar-refractivity contribution in [2.75, 3.05) is 25.2 Å². The van der Waals surface area contributed by atoms with Gasteiger partial charge in [0.15, 0.2) is 0 Å². The SMILES string of the molecule is CNc1cccc(OC)c1N. The molecule has 1 aromatic rings. The van der Waals surface area contributed by atoms with Crippen molar-refractivity contribution < 1.29 is 4.74 Å². The van der Waals surface area contributed by atoms with Crippen LogP contribution in [0.25, 0.3) is 0 Å². The van der Waals surface area contributed by atoms with Gasteiger partial charge < -0.3 is 15.8 Å². The third kappa shape index (κ3) is 1.37. The molecular formula is C8H12N2O. The molecule has 0 radical (unpaired) electrons. The predicted molar refractivity (Wildman–Crippen MR) is 47.0 cm³/mol. The van der Waals surface area contributed by atoms with Crippen molar-refractivity contribution in [1.29, 1.82) is 0 Å². The lowest BCUT2D eigenvalue weighted by molar-refractivity contribution is 0.417. The van der Waals surface area contributed by atoms with Gasteiger partial charge in [-0.25, -0.2) is 0 Å². The van der Waals surface area contributed by atoms with Crippen molar-refractivity contribution in [2.45, 2.75) is 0 Å². The zero-order valence-electron chi connectivity index (χ0n) is 6.72. The van der Waals surface area contributed by atoms with Gasteiger partial charge in [-0.15, -0.1) is 0 Å². The van der Waals surface area contributed by atoms with E-state index >= 15 is 0 Å². The number of nitrogen functional groups attached to an aromatic ring is 1. The molecule has 0 aliphatic heterocycles. The smallest absolute Gasteiger partial charge is 0.143 e. The normalized spacial score (nSPS) is 9.27. The highest BCUT2D eigenvalue weighted by Gasteiger charge is 2.01. The minimum atomic E-state index is 0.650. The molecule has 60 valence electrons. The molecule has 0 heterocycles. The van der Waals surface area contributed by atoms with Gasteiger partial charge in [-0.2, -0.15) is 0 Å². The molecule has 0 saturated carbocycles. The third-order valence-corrected chi connectivity index (χ3v) is 1.56. The Bertz CT molecular complexity index is 226. The van der Waals surface area contributed by atoms with Gasteiger partial charge in [0, 0.05) is 7.05 Å². The largest absolute Gasteiger partial charge is 0.495 e. The van der Waals surface area contributed by atoms with Crippen LogP contribution >= 0.6 is 0 Å². The number of hydrogen-bond donors (Lipinski definition) is 2. The van der Waals surface area contributed by atoms with Gasteiger partial charge in [0.2, 0.25) is 0 Å². The van der Waals surface area contributed by atoms with Crippen LogP contribution in [0.2, 0.25) is 0 Å². The molecule has 3 heteroatoms. The van der Waals surface area contributed by atoms with E-state index in [1.807, 2.05) is 25.2 Å². The minimum Gasteiger partial charge on any atom is -0.495 e. The first kappa shape index (κ1) is 7.72. The maximum atomic E-state index is 5.72. The second kappa shape index (κ2) is 3.14. The van der Waals surface area contributed by atoms with Crippen molar-refractivity contribution in [2.24, 2.45) is 0 Å². The molecule has 0 fully saturated rings. The van der Waals surface area contributed by atoms with Crippen LogP contribution in [0.4, 0.5) is 11.4 Å². The number of anilines is 2. The fourth-order valence-electron chi connectivity index (χ4n) is 0.940. The molecule has 0 bridgehead atoms. The summed E-state index contributed by atoms with van der Waals surface area (Å²) in [6.07, 6.45) is 0. The highest BCUT2D eigenvalue weighted by Crippen LogP contribution is 2.28. The number of para-hydroxylation sites is 1. The lowest BCUT2D eigenvalue weighted by atomic mass is 10.2. The van der Waals surface area contributed by atoms with Gasteiger partial charge >= 0.3 is 0 Å². The standard InChI is InChI=1S/C8H12N2O/c1-10-6-4-3-5-7(11-2)8(6)9/h3-5,10H,9H2,1-2H3. The van der Waals surface area contributed by atoms with Crippen molar-refractivity contribution in [3.8, 4) is 5.75 Å². The number of methoxy groups -OCH3 is 1. The van der Waals surface area contributed by atoms with E-state index in [1.165, 1.54) is 0 Å². The molecule has 0 aliphatic rings. The van der Waals surface area contributed by atoms with E-state index in [0.29, 0.717) is 11.4 Å². The van der Waals surface area contributed by atoms with Gasteiger partial charge in [0.25, 0.3) is 0 Å². The fraction of sp³-hybridized carbons (Fsp3) is 0.250. The Morgan fingerprint density at radius 1 is 1.45 bits per heavy atom. The Hall–Kier alpha value is -1.38.